The molecule has 24 heavy (non-hydrogen) atoms. The number of carbonyl (C=O) groups excluding carboxylic acids is 2. The minimum Gasteiger partial charge on any atom is -0.333 e. The molecule has 1 fully saturated rings. The van der Waals surface area contributed by atoms with Gasteiger partial charge in [0.05, 0.1) is 6.04 Å². The first-order valence-corrected chi connectivity index (χ1v) is 8.10. The van der Waals surface area contributed by atoms with Crippen molar-refractivity contribution in [3.8, 4) is 0 Å². The van der Waals surface area contributed by atoms with Crippen LogP contribution in [-0.4, -0.2) is 24.5 Å². The Morgan fingerprint density at radius 3 is 2.58 bits per heavy atom. The van der Waals surface area contributed by atoms with Crippen LogP contribution >= 0.6 is 11.6 Å². The van der Waals surface area contributed by atoms with E-state index in [1.807, 2.05) is 31.2 Å². The molecule has 124 valence electrons. The smallest absolute Gasteiger partial charge is 0.319 e. The number of aryl methyl sites for hydroxylation is 1. The molecule has 1 unspecified atom stereocenters. The van der Waals surface area contributed by atoms with Crippen molar-refractivity contribution in [2.45, 2.75) is 19.4 Å². The van der Waals surface area contributed by atoms with Crippen molar-refractivity contribution in [2.75, 3.05) is 16.8 Å². The maximum absolute atomic E-state index is 12.2. The van der Waals surface area contributed by atoms with Crippen molar-refractivity contribution in [1.29, 1.82) is 0 Å². The third-order valence-electron chi connectivity index (χ3n) is 3.99. The molecule has 1 saturated heterocycles. The maximum Gasteiger partial charge on any atom is 0.319 e. The molecule has 1 atom stereocenters. The summed E-state index contributed by atoms with van der Waals surface area (Å²) in [6, 6.07) is 14.1. The summed E-state index contributed by atoms with van der Waals surface area (Å²) >= 11 is 5.87. The Labute approximate surface area is 145 Å². The minimum absolute atomic E-state index is 0.0153. The van der Waals surface area contributed by atoms with Gasteiger partial charge in [0.25, 0.3) is 0 Å². The second-order valence-corrected chi connectivity index (χ2v) is 6.23. The molecule has 1 aliphatic heterocycles. The van der Waals surface area contributed by atoms with E-state index >= 15 is 0 Å². The fraction of sp³-hybridized carbons (Fsp3) is 0.222. The van der Waals surface area contributed by atoms with Gasteiger partial charge in [0.1, 0.15) is 0 Å². The predicted octanol–water partition coefficient (Wildman–Crippen LogP) is 3.58. The molecule has 2 aromatic carbocycles. The Kier molecular flexibility index (Phi) is 4.71. The van der Waals surface area contributed by atoms with E-state index in [2.05, 4.69) is 10.6 Å². The zero-order chi connectivity index (χ0) is 17.1. The standard InChI is InChI=1S/C18H18ClN3O2/c1-12-4-2-3-5-16(12)21-18(24)20-14-10-17(23)22(11-14)15-8-6-13(19)7-9-15/h2-9,14H,10-11H2,1H3,(H2,20,21,24). The number of hydrogen-bond donors (Lipinski definition) is 2. The van der Waals surface area contributed by atoms with Crippen molar-refractivity contribution >= 4 is 34.9 Å². The Morgan fingerprint density at radius 2 is 1.88 bits per heavy atom. The van der Waals surface area contributed by atoms with Gasteiger partial charge in [-0.3, -0.25) is 4.79 Å². The van der Waals surface area contributed by atoms with E-state index in [-0.39, 0.29) is 24.4 Å². The van der Waals surface area contributed by atoms with Crippen molar-refractivity contribution in [2.24, 2.45) is 0 Å². The number of hydrogen-bond acceptors (Lipinski definition) is 2. The second-order valence-electron chi connectivity index (χ2n) is 5.80. The maximum atomic E-state index is 12.2. The number of urea groups is 1. The molecular weight excluding hydrogens is 326 g/mol. The van der Waals surface area contributed by atoms with Gasteiger partial charge >= 0.3 is 6.03 Å². The highest BCUT2D eigenvalue weighted by molar-refractivity contribution is 6.30. The summed E-state index contributed by atoms with van der Waals surface area (Å²) < 4.78 is 0. The van der Waals surface area contributed by atoms with Gasteiger partial charge in [-0.25, -0.2) is 4.79 Å². The van der Waals surface area contributed by atoms with Crippen LogP contribution in [0.3, 0.4) is 0 Å². The Bertz CT molecular complexity index is 761. The first-order chi connectivity index (χ1) is 11.5. The van der Waals surface area contributed by atoms with Crippen LogP contribution in [0.4, 0.5) is 16.2 Å². The van der Waals surface area contributed by atoms with Crippen LogP contribution in [0.2, 0.25) is 5.02 Å². The highest BCUT2D eigenvalue weighted by atomic mass is 35.5. The van der Waals surface area contributed by atoms with E-state index in [0.29, 0.717) is 11.6 Å². The predicted molar refractivity (Wildman–Crippen MR) is 95.5 cm³/mol. The van der Waals surface area contributed by atoms with Crippen molar-refractivity contribution in [3.63, 3.8) is 0 Å². The average molecular weight is 344 g/mol. The number of para-hydroxylation sites is 1. The summed E-state index contributed by atoms with van der Waals surface area (Å²) in [6.45, 7) is 2.37. The van der Waals surface area contributed by atoms with Crippen molar-refractivity contribution in [1.82, 2.24) is 5.32 Å². The molecule has 0 spiro atoms. The monoisotopic (exact) mass is 343 g/mol. The van der Waals surface area contributed by atoms with E-state index < -0.39 is 0 Å². The van der Waals surface area contributed by atoms with Crippen LogP contribution in [0.5, 0.6) is 0 Å². The molecule has 5 nitrogen and oxygen atoms in total. The SMILES string of the molecule is Cc1ccccc1NC(=O)NC1CC(=O)N(c2ccc(Cl)cc2)C1. The number of amides is 3. The lowest BCUT2D eigenvalue weighted by molar-refractivity contribution is -0.117. The number of rotatable bonds is 3. The highest BCUT2D eigenvalue weighted by Crippen LogP contribution is 2.23. The summed E-state index contributed by atoms with van der Waals surface area (Å²) in [4.78, 5) is 26.0. The second kappa shape index (κ2) is 6.93. The Hall–Kier alpha value is -2.53. The third-order valence-corrected chi connectivity index (χ3v) is 4.24. The van der Waals surface area contributed by atoms with Crippen molar-refractivity contribution < 1.29 is 9.59 Å². The Balaban J connectivity index is 1.61. The molecule has 0 bridgehead atoms. The van der Waals surface area contributed by atoms with Crippen LogP contribution in [0.15, 0.2) is 48.5 Å². The molecule has 0 aliphatic carbocycles. The van der Waals surface area contributed by atoms with Gasteiger partial charge in [0.15, 0.2) is 0 Å². The first kappa shape index (κ1) is 16.3. The Morgan fingerprint density at radius 1 is 1.17 bits per heavy atom. The molecule has 1 aliphatic rings. The number of halogens is 1. The lowest BCUT2D eigenvalue weighted by Gasteiger charge is -2.17. The largest absolute Gasteiger partial charge is 0.333 e. The summed E-state index contributed by atoms with van der Waals surface area (Å²) in [7, 11) is 0. The van der Waals surface area contributed by atoms with Crippen molar-refractivity contribution in [3.05, 3.63) is 59.1 Å². The molecule has 0 radical (unpaired) electrons. The molecule has 3 rings (SSSR count). The number of benzene rings is 2. The van der Waals surface area contributed by atoms with Gasteiger partial charge in [0.2, 0.25) is 5.91 Å². The minimum atomic E-state index is -0.306. The third kappa shape index (κ3) is 3.68. The molecule has 0 aromatic heterocycles. The lowest BCUT2D eigenvalue weighted by Crippen LogP contribution is -2.39. The molecule has 6 heteroatoms. The zero-order valence-corrected chi connectivity index (χ0v) is 14.0. The first-order valence-electron chi connectivity index (χ1n) is 7.72. The number of nitrogens with one attached hydrogen (secondary N) is 2. The quantitative estimate of drug-likeness (QED) is 0.894. The summed E-state index contributed by atoms with van der Waals surface area (Å²) in [6.07, 6.45) is 0.282. The van der Waals surface area contributed by atoms with Gasteiger partial charge in [-0.05, 0) is 42.8 Å². The number of carbonyl (C=O) groups is 2. The normalized spacial score (nSPS) is 17.0. The molecule has 3 amide bonds. The van der Waals surface area contributed by atoms with Gasteiger partial charge < -0.3 is 15.5 Å². The topological polar surface area (TPSA) is 61.4 Å². The van der Waals surface area contributed by atoms with E-state index in [1.165, 1.54) is 0 Å². The summed E-state index contributed by atoms with van der Waals surface area (Å²) in [5, 5.41) is 6.30. The van der Waals surface area contributed by atoms with Crippen LogP contribution in [0, 0.1) is 6.92 Å². The van der Waals surface area contributed by atoms with Gasteiger partial charge in [-0.2, -0.15) is 0 Å². The summed E-state index contributed by atoms with van der Waals surface area (Å²) in [5.74, 6) is -0.0153. The highest BCUT2D eigenvalue weighted by Gasteiger charge is 2.31. The lowest BCUT2D eigenvalue weighted by atomic mass is 10.2. The fourth-order valence-corrected chi connectivity index (χ4v) is 2.86. The van der Waals surface area contributed by atoms with Crippen LogP contribution in [0.25, 0.3) is 0 Å². The van der Waals surface area contributed by atoms with E-state index in [1.54, 1.807) is 29.2 Å². The van der Waals surface area contributed by atoms with Crippen LogP contribution < -0.4 is 15.5 Å². The van der Waals surface area contributed by atoms with Crippen LogP contribution in [0.1, 0.15) is 12.0 Å². The summed E-state index contributed by atoms with van der Waals surface area (Å²) in [5.41, 5.74) is 2.53. The van der Waals surface area contributed by atoms with Crippen LogP contribution in [-0.2, 0) is 4.79 Å². The van der Waals surface area contributed by atoms with Gasteiger partial charge in [-0.15, -0.1) is 0 Å². The molecule has 1 heterocycles. The fourth-order valence-electron chi connectivity index (χ4n) is 2.73. The molecule has 0 saturated carbocycles. The van der Waals surface area contributed by atoms with E-state index in [9.17, 15) is 9.59 Å². The van der Waals surface area contributed by atoms with E-state index in [0.717, 1.165) is 16.9 Å². The molecule has 2 N–H and O–H groups in total. The van der Waals surface area contributed by atoms with E-state index in [4.69, 9.17) is 11.6 Å². The number of anilines is 2. The van der Waals surface area contributed by atoms with Gasteiger partial charge in [-0.1, -0.05) is 29.8 Å². The molecule has 2 aromatic rings. The average Bonchev–Trinajstić information content (AvgIpc) is 2.90. The van der Waals surface area contributed by atoms with Gasteiger partial charge in [0, 0.05) is 29.4 Å². The zero-order valence-electron chi connectivity index (χ0n) is 13.3. The number of nitrogens with zero attached hydrogens (tertiary/aromatic N) is 1. The molecular formula is C18H18ClN3O2.